The summed E-state index contributed by atoms with van der Waals surface area (Å²) in [5.41, 5.74) is 1.20. The number of ketones is 1. The van der Waals surface area contributed by atoms with Crippen molar-refractivity contribution in [3.63, 3.8) is 0 Å². The van der Waals surface area contributed by atoms with E-state index in [4.69, 9.17) is 21.1 Å². The smallest absolute Gasteiger partial charge is 0.254 e. The summed E-state index contributed by atoms with van der Waals surface area (Å²) in [5, 5.41) is 3.00. The highest BCUT2D eigenvalue weighted by Crippen LogP contribution is 2.31. The highest BCUT2D eigenvalue weighted by atomic mass is 35.5. The number of benzene rings is 2. The van der Waals surface area contributed by atoms with Crippen LogP contribution in [-0.2, 0) is 4.79 Å². The lowest BCUT2D eigenvalue weighted by Crippen LogP contribution is -2.22. The second kappa shape index (κ2) is 8.96. The van der Waals surface area contributed by atoms with Gasteiger partial charge in [0.15, 0.2) is 17.3 Å². The Kier molecular flexibility index (Phi) is 6.39. The van der Waals surface area contributed by atoms with Crippen LogP contribution in [0.25, 0.3) is 0 Å². The molecule has 29 heavy (non-hydrogen) atoms. The van der Waals surface area contributed by atoms with Gasteiger partial charge < -0.3 is 19.7 Å². The van der Waals surface area contributed by atoms with E-state index in [2.05, 4.69) is 5.32 Å². The lowest BCUT2D eigenvalue weighted by molar-refractivity contribution is -0.116. The lowest BCUT2D eigenvalue weighted by Gasteiger charge is -2.18. The van der Waals surface area contributed by atoms with Crippen molar-refractivity contribution in [3.05, 3.63) is 52.5 Å². The summed E-state index contributed by atoms with van der Waals surface area (Å²) in [5.74, 6) is 0.375. The minimum Gasteiger partial charge on any atom is -0.486 e. The third-order valence-electron chi connectivity index (χ3n) is 4.33. The number of rotatable bonds is 6. The van der Waals surface area contributed by atoms with Gasteiger partial charge in [0.25, 0.3) is 5.91 Å². The monoisotopic (exact) mass is 416 g/mol. The molecule has 8 heteroatoms. The molecular weight excluding hydrogens is 396 g/mol. The molecule has 0 saturated heterocycles. The molecule has 1 heterocycles. The number of nitrogens with one attached hydrogen (secondary N) is 1. The van der Waals surface area contributed by atoms with Gasteiger partial charge in [-0.25, -0.2) is 0 Å². The average molecular weight is 417 g/mol. The molecule has 2 aromatic rings. The van der Waals surface area contributed by atoms with Crippen LogP contribution in [0.1, 0.15) is 33.6 Å². The highest BCUT2D eigenvalue weighted by molar-refractivity contribution is 6.34. The molecule has 3 rings (SSSR count). The van der Waals surface area contributed by atoms with Gasteiger partial charge in [0.1, 0.15) is 13.2 Å². The molecule has 0 saturated carbocycles. The van der Waals surface area contributed by atoms with E-state index in [1.165, 1.54) is 11.0 Å². The van der Waals surface area contributed by atoms with Gasteiger partial charge in [0, 0.05) is 38.2 Å². The van der Waals surface area contributed by atoms with Gasteiger partial charge in [-0.2, -0.15) is 0 Å². The molecule has 0 aliphatic carbocycles. The Balaban J connectivity index is 1.59. The van der Waals surface area contributed by atoms with Crippen LogP contribution in [0.5, 0.6) is 11.5 Å². The molecule has 0 atom stereocenters. The van der Waals surface area contributed by atoms with Crippen LogP contribution in [0.4, 0.5) is 5.69 Å². The van der Waals surface area contributed by atoms with Crippen molar-refractivity contribution in [3.8, 4) is 11.5 Å². The van der Waals surface area contributed by atoms with E-state index in [-0.39, 0.29) is 30.4 Å². The number of halogens is 1. The Morgan fingerprint density at radius 3 is 2.45 bits per heavy atom. The third kappa shape index (κ3) is 5.06. The van der Waals surface area contributed by atoms with Gasteiger partial charge >= 0.3 is 0 Å². The molecule has 0 bridgehead atoms. The van der Waals surface area contributed by atoms with Gasteiger partial charge in [-0.3, -0.25) is 14.4 Å². The van der Waals surface area contributed by atoms with Gasteiger partial charge in [0.2, 0.25) is 5.91 Å². The molecule has 0 radical (unpaired) electrons. The Morgan fingerprint density at radius 1 is 1.00 bits per heavy atom. The largest absolute Gasteiger partial charge is 0.486 e. The number of nitrogens with zero attached hydrogens (tertiary/aromatic N) is 1. The van der Waals surface area contributed by atoms with Crippen LogP contribution in [0.3, 0.4) is 0 Å². The number of carbonyl (C=O) groups excluding carboxylic acids is 3. The Labute approximate surface area is 173 Å². The zero-order valence-corrected chi connectivity index (χ0v) is 16.9. The molecule has 2 amide bonds. The Bertz CT molecular complexity index is 958. The SMILES string of the molecule is CN(C)C(=O)c1cc(NC(=O)CCC(=O)c2ccc3c(c2)OCCO3)ccc1Cl. The summed E-state index contributed by atoms with van der Waals surface area (Å²) in [4.78, 5) is 38.2. The van der Waals surface area contributed by atoms with Crippen LogP contribution in [0.15, 0.2) is 36.4 Å². The van der Waals surface area contributed by atoms with E-state index < -0.39 is 0 Å². The fourth-order valence-electron chi connectivity index (χ4n) is 2.82. The van der Waals surface area contributed by atoms with E-state index in [0.717, 1.165) is 0 Å². The van der Waals surface area contributed by atoms with Crippen molar-refractivity contribution in [2.45, 2.75) is 12.8 Å². The highest BCUT2D eigenvalue weighted by Gasteiger charge is 2.17. The fraction of sp³-hybridized carbons (Fsp3) is 0.286. The molecule has 0 fully saturated rings. The van der Waals surface area contributed by atoms with E-state index in [1.807, 2.05) is 0 Å². The van der Waals surface area contributed by atoms with Crippen LogP contribution in [0.2, 0.25) is 5.02 Å². The van der Waals surface area contributed by atoms with Crippen molar-refractivity contribution in [2.75, 3.05) is 32.6 Å². The summed E-state index contributed by atoms with van der Waals surface area (Å²) in [6, 6.07) is 9.66. The number of amides is 2. The number of anilines is 1. The summed E-state index contributed by atoms with van der Waals surface area (Å²) in [6.07, 6.45) is 0.0510. The zero-order chi connectivity index (χ0) is 21.0. The summed E-state index contributed by atoms with van der Waals surface area (Å²) < 4.78 is 10.9. The standard InChI is InChI=1S/C21H21ClN2O5/c1-24(2)21(27)15-12-14(4-5-16(15)22)23-20(26)8-6-17(25)13-3-7-18-19(11-13)29-10-9-28-18/h3-5,7,11-12H,6,8-10H2,1-2H3,(H,23,26). The first-order chi connectivity index (χ1) is 13.8. The van der Waals surface area contributed by atoms with Gasteiger partial charge in [-0.1, -0.05) is 11.6 Å². The Hall–Kier alpha value is -3.06. The number of hydrogen-bond acceptors (Lipinski definition) is 5. The third-order valence-corrected chi connectivity index (χ3v) is 4.66. The summed E-state index contributed by atoms with van der Waals surface area (Å²) in [7, 11) is 3.24. The van der Waals surface area contributed by atoms with Crippen LogP contribution in [-0.4, -0.2) is 49.8 Å². The molecule has 0 unspecified atom stereocenters. The summed E-state index contributed by atoms with van der Waals surface area (Å²) >= 11 is 6.07. The van der Waals surface area contributed by atoms with Crippen LogP contribution in [0, 0.1) is 0 Å². The van der Waals surface area contributed by atoms with Crippen molar-refractivity contribution < 1.29 is 23.9 Å². The molecular formula is C21H21ClN2O5. The van der Waals surface area contributed by atoms with Crippen molar-refractivity contribution in [1.29, 1.82) is 0 Å². The number of fused-ring (bicyclic) bond motifs is 1. The van der Waals surface area contributed by atoms with Crippen molar-refractivity contribution in [2.24, 2.45) is 0 Å². The van der Waals surface area contributed by atoms with Gasteiger partial charge in [-0.05, 0) is 36.4 Å². The number of Topliss-reactive ketones (excluding diaryl/α,β-unsaturated/α-hetero) is 1. The van der Waals surface area contributed by atoms with Crippen LogP contribution >= 0.6 is 11.6 Å². The van der Waals surface area contributed by atoms with Crippen molar-refractivity contribution in [1.82, 2.24) is 4.90 Å². The molecule has 1 N–H and O–H groups in total. The lowest BCUT2D eigenvalue weighted by atomic mass is 10.1. The average Bonchev–Trinajstić information content (AvgIpc) is 2.72. The minimum atomic E-state index is -0.332. The number of hydrogen-bond donors (Lipinski definition) is 1. The maximum absolute atomic E-state index is 12.4. The topological polar surface area (TPSA) is 84.9 Å². The van der Waals surface area contributed by atoms with Gasteiger partial charge in [0.05, 0.1) is 10.6 Å². The molecule has 7 nitrogen and oxygen atoms in total. The Morgan fingerprint density at radius 2 is 1.72 bits per heavy atom. The van der Waals surface area contributed by atoms with Crippen LogP contribution < -0.4 is 14.8 Å². The first-order valence-electron chi connectivity index (χ1n) is 9.09. The quantitative estimate of drug-likeness (QED) is 0.729. The fourth-order valence-corrected chi connectivity index (χ4v) is 3.02. The minimum absolute atomic E-state index is 0.00681. The van der Waals surface area contributed by atoms with Crippen molar-refractivity contribution >= 4 is 34.9 Å². The number of carbonyl (C=O) groups is 3. The van der Waals surface area contributed by atoms with E-state index in [9.17, 15) is 14.4 Å². The van der Waals surface area contributed by atoms with Gasteiger partial charge in [-0.15, -0.1) is 0 Å². The maximum Gasteiger partial charge on any atom is 0.254 e. The maximum atomic E-state index is 12.4. The predicted molar refractivity (Wildman–Crippen MR) is 109 cm³/mol. The molecule has 152 valence electrons. The predicted octanol–water partition coefficient (Wildman–Crippen LogP) is 3.41. The second-order valence-corrected chi connectivity index (χ2v) is 7.13. The number of ether oxygens (including phenoxy) is 2. The summed E-state index contributed by atoms with van der Waals surface area (Å²) in [6.45, 7) is 0.916. The zero-order valence-electron chi connectivity index (χ0n) is 16.2. The molecule has 2 aromatic carbocycles. The molecule has 0 aromatic heterocycles. The normalized spacial score (nSPS) is 12.2. The van der Waals surface area contributed by atoms with E-state index >= 15 is 0 Å². The molecule has 1 aliphatic rings. The molecule has 0 spiro atoms. The molecule has 1 aliphatic heterocycles. The first-order valence-corrected chi connectivity index (χ1v) is 9.47. The second-order valence-electron chi connectivity index (χ2n) is 6.72. The van der Waals surface area contributed by atoms with E-state index in [0.29, 0.717) is 46.5 Å². The van der Waals surface area contributed by atoms with E-state index in [1.54, 1.807) is 44.4 Å². The first kappa shape index (κ1) is 20.7.